The fourth-order valence-corrected chi connectivity index (χ4v) is 3.75. The molecule has 2 aliphatic rings. The molecule has 0 atom stereocenters. The van der Waals surface area contributed by atoms with Gasteiger partial charge in [0.1, 0.15) is 0 Å². The Hall–Kier alpha value is -2.47. The number of carbonyl (C=O) groups excluding carboxylic acids is 2. The maximum Gasteiger partial charge on any atom is 0.312 e. The van der Waals surface area contributed by atoms with Gasteiger partial charge in [-0.3, -0.25) is 9.59 Å². The smallest absolute Gasteiger partial charge is 0.312 e. The van der Waals surface area contributed by atoms with Gasteiger partial charge in [0, 0.05) is 19.1 Å². The molecular weight excluding hydrogens is 352 g/mol. The van der Waals surface area contributed by atoms with Crippen LogP contribution in [0.25, 0.3) is 0 Å². The van der Waals surface area contributed by atoms with Crippen molar-refractivity contribution in [1.29, 1.82) is 0 Å². The van der Waals surface area contributed by atoms with Crippen LogP contribution < -0.4 is 0 Å². The highest BCUT2D eigenvalue weighted by Crippen LogP contribution is 2.40. The average molecular weight is 371 g/mol. The van der Waals surface area contributed by atoms with Crippen LogP contribution in [0.3, 0.4) is 0 Å². The molecule has 1 saturated carbocycles. The summed E-state index contributed by atoms with van der Waals surface area (Å²) >= 11 is 5.72. The van der Waals surface area contributed by atoms with Crippen molar-refractivity contribution < 1.29 is 9.59 Å². The van der Waals surface area contributed by atoms with Gasteiger partial charge in [-0.25, -0.2) is 0 Å². The molecule has 6 nitrogen and oxygen atoms in total. The van der Waals surface area contributed by atoms with Gasteiger partial charge in [0.25, 0.3) is 0 Å². The molecular formula is C19H19ClN4O2. The average Bonchev–Trinajstić information content (AvgIpc) is 2.62. The number of amides is 2. The van der Waals surface area contributed by atoms with Crippen LogP contribution in [-0.2, 0) is 16.1 Å². The van der Waals surface area contributed by atoms with Gasteiger partial charge in [-0.1, -0.05) is 41.9 Å². The molecule has 0 N–H and O–H groups in total. The Morgan fingerprint density at radius 3 is 2.42 bits per heavy atom. The quantitative estimate of drug-likeness (QED) is 0.774. The second-order valence-corrected chi connectivity index (χ2v) is 7.19. The topological polar surface area (TPSA) is 66.4 Å². The van der Waals surface area contributed by atoms with Crippen LogP contribution in [0.5, 0.6) is 0 Å². The number of hydrogen-bond acceptors (Lipinski definition) is 4. The van der Waals surface area contributed by atoms with Crippen LogP contribution in [0, 0.1) is 0 Å². The van der Waals surface area contributed by atoms with Crippen LogP contribution in [0.2, 0.25) is 5.15 Å². The molecule has 0 unspecified atom stereocenters. The zero-order valence-electron chi connectivity index (χ0n) is 14.2. The Kier molecular flexibility index (Phi) is 4.59. The summed E-state index contributed by atoms with van der Waals surface area (Å²) in [5, 5.41) is 8.03. The maximum absolute atomic E-state index is 12.5. The fraction of sp³-hybridized carbons (Fsp3) is 0.368. The van der Waals surface area contributed by atoms with E-state index in [0.29, 0.717) is 29.9 Å². The lowest BCUT2D eigenvalue weighted by Gasteiger charge is -2.45. The lowest BCUT2D eigenvalue weighted by molar-refractivity contribution is -0.159. The lowest BCUT2D eigenvalue weighted by Crippen LogP contribution is -2.59. The number of hydrogen-bond donors (Lipinski definition) is 0. The normalized spacial score (nSPS) is 23.1. The molecule has 2 heterocycles. The van der Waals surface area contributed by atoms with Crippen molar-refractivity contribution in [3.8, 4) is 0 Å². The van der Waals surface area contributed by atoms with Gasteiger partial charge in [0.05, 0.1) is 12.2 Å². The van der Waals surface area contributed by atoms with Crippen molar-refractivity contribution >= 4 is 23.4 Å². The van der Waals surface area contributed by atoms with Gasteiger partial charge in [0.2, 0.25) is 0 Å². The standard InChI is InChI=1S/C19H19ClN4O2/c20-17-7-6-15(21-22-17)12-23-8-9-24(19(26)18(23)25)16-10-14(11-16)13-4-2-1-3-5-13/h1-7,14,16H,8-12H2/t14-,16-. The van der Waals surface area contributed by atoms with E-state index >= 15 is 0 Å². The molecule has 0 spiro atoms. The van der Waals surface area contributed by atoms with Crippen molar-refractivity contribution in [2.24, 2.45) is 0 Å². The molecule has 1 saturated heterocycles. The molecule has 134 valence electrons. The highest BCUT2D eigenvalue weighted by Gasteiger charge is 2.42. The SMILES string of the molecule is O=C1C(=O)N([C@H]2C[C@H](c3ccccc3)C2)CCN1Cc1ccc(Cl)nn1. The van der Waals surface area contributed by atoms with E-state index in [4.69, 9.17) is 11.6 Å². The Balaban J connectivity index is 1.35. The first-order valence-electron chi connectivity index (χ1n) is 8.75. The minimum Gasteiger partial charge on any atom is -0.330 e. The molecule has 4 rings (SSSR count). The molecule has 0 bridgehead atoms. The molecule has 2 fully saturated rings. The molecule has 1 aromatic carbocycles. The maximum atomic E-state index is 12.5. The largest absolute Gasteiger partial charge is 0.330 e. The zero-order valence-corrected chi connectivity index (χ0v) is 15.0. The van der Waals surface area contributed by atoms with Crippen LogP contribution in [0.4, 0.5) is 0 Å². The van der Waals surface area contributed by atoms with Crippen molar-refractivity contribution in [2.45, 2.75) is 31.3 Å². The fourth-order valence-electron chi connectivity index (χ4n) is 3.65. The number of rotatable bonds is 4. The lowest BCUT2D eigenvalue weighted by atomic mass is 9.75. The second kappa shape index (κ2) is 7.03. The van der Waals surface area contributed by atoms with E-state index in [1.807, 2.05) is 18.2 Å². The van der Waals surface area contributed by atoms with Gasteiger partial charge in [-0.2, -0.15) is 5.10 Å². The summed E-state index contributed by atoms with van der Waals surface area (Å²) < 4.78 is 0. The Bertz CT molecular complexity index is 806. The molecule has 7 heteroatoms. The van der Waals surface area contributed by atoms with Crippen molar-refractivity contribution in [1.82, 2.24) is 20.0 Å². The van der Waals surface area contributed by atoms with Gasteiger partial charge in [-0.05, 0) is 36.5 Å². The summed E-state index contributed by atoms with van der Waals surface area (Å²) in [5.74, 6) is -0.391. The van der Waals surface area contributed by atoms with Crippen LogP contribution >= 0.6 is 11.6 Å². The zero-order chi connectivity index (χ0) is 18.1. The first kappa shape index (κ1) is 17.0. The van der Waals surface area contributed by atoms with E-state index in [1.165, 1.54) is 10.5 Å². The summed E-state index contributed by atoms with van der Waals surface area (Å²) in [6, 6.07) is 13.8. The summed E-state index contributed by atoms with van der Waals surface area (Å²) in [6.45, 7) is 1.36. The molecule has 26 heavy (non-hydrogen) atoms. The number of benzene rings is 1. The van der Waals surface area contributed by atoms with Gasteiger partial charge >= 0.3 is 11.8 Å². The van der Waals surface area contributed by atoms with Crippen molar-refractivity contribution in [2.75, 3.05) is 13.1 Å². The van der Waals surface area contributed by atoms with Gasteiger partial charge in [0.15, 0.2) is 5.15 Å². The molecule has 1 aromatic heterocycles. The van der Waals surface area contributed by atoms with Gasteiger partial charge in [-0.15, -0.1) is 5.10 Å². The first-order chi connectivity index (χ1) is 12.6. The summed E-state index contributed by atoms with van der Waals surface area (Å²) in [5.41, 5.74) is 1.93. The summed E-state index contributed by atoms with van der Waals surface area (Å²) in [4.78, 5) is 28.3. The Labute approximate surface area is 156 Å². The Morgan fingerprint density at radius 1 is 0.962 bits per heavy atom. The van der Waals surface area contributed by atoms with E-state index < -0.39 is 11.8 Å². The Morgan fingerprint density at radius 2 is 1.73 bits per heavy atom. The van der Waals surface area contributed by atoms with Crippen LogP contribution in [0.1, 0.15) is 30.0 Å². The monoisotopic (exact) mass is 370 g/mol. The third-order valence-corrected chi connectivity index (χ3v) is 5.41. The predicted molar refractivity (Wildman–Crippen MR) is 96.4 cm³/mol. The van der Waals surface area contributed by atoms with Crippen LogP contribution in [-0.4, -0.2) is 50.9 Å². The number of aromatic nitrogens is 2. The van der Waals surface area contributed by atoms with E-state index in [-0.39, 0.29) is 12.6 Å². The van der Waals surface area contributed by atoms with Crippen molar-refractivity contribution in [3.05, 3.63) is 58.9 Å². The minimum absolute atomic E-state index is 0.161. The highest BCUT2D eigenvalue weighted by molar-refractivity contribution is 6.35. The van der Waals surface area contributed by atoms with Gasteiger partial charge < -0.3 is 9.80 Å². The third-order valence-electron chi connectivity index (χ3n) is 5.21. The van der Waals surface area contributed by atoms with E-state index in [1.54, 1.807) is 17.0 Å². The number of carbonyl (C=O) groups is 2. The molecule has 2 amide bonds. The second-order valence-electron chi connectivity index (χ2n) is 6.81. The summed E-state index contributed by atoms with van der Waals surface area (Å²) in [6.07, 6.45) is 1.84. The summed E-state index contributed by atoms with van der Waals surface area (Å²) in [7, 11) is 0. The van der Waals surface area contributed by atoms with Crippen LogP contribution in [0.15, 0.2) is 42.5 Å². The predicted octanol–water partition coefficient (Wildman–Crippen LogP) is 2.25. The molecule has 0 radical (unpaired) electrons. The first-order valence-corrected chi connectivity index (χ1v) is 9.12. The number of nitrogens with zero attached hydrogens (tertiary/aromatic N) is 4. The van der Waals surface area contributed by atoms with Crippen molar-refractivity contribution in [3.63, 3.8) is 0 Å². The highest BCUT2D eigenvalue weighted by atomic mass is 35.5. The van der Waals surface area contributed by atoms with E-state index in [9.17, 15) is 9.59 Å². The number of halogens is 1. The molecule has 2 aromatic rings. The molecule has 1 aliphatic heterocycles. The number of piperazine rings is 1. The molecule has 1 aliphatic carbocycles. The minimum atomic E-state index is -0.462. The van der Waals surface area contributed by atoms with E-state index in [2.05, 4.69) is 22.3 Å². The third kappa shape index (κ3) is 3.29. The van der Waals surface area contributed by atoms with E-state index in [0.717, 1.165) is 12.8 Å².